The summed E-state index contributed by atoms with van der Waals surface area (Å²) in [5.74, 6) is -0.770. The van der Waals surface area contributed by atoms with Gasteiger partial charge >= 0.3 is 6.03 Å². The maximum Gasteiger partial charge on any atom is 0.321 e. The lowest BCUT2D eigenvalue weighted by molar-refractivity contribution is -0.117. The molecule has 0 heterocycles. The van der Waals surface area contributed by atoms with Gasteiger partial charge < -0.3 is 5.32 Å². The van der Waals surface area contributed by atoms with Crippen molar-refractivity contribution in [2.75, 3.05) is 5.75 Å². The van der Waals surface area contributed by atoms with Crippen molar-refractivity contribution in [2.24, 2.45) is 0 Å². The van der Waals surface area contributed by atoms with Crippen LogP contribution in [0, 0.1) is 5.82 Å². The first kappa shape index (κ1) is 14.8. The third-order valence-electron chi connectivity index (χ3n) is 3.14. The lowest BCUT2D eigenvalue weighted by atomic mass is 10.2. The van der Waals surface area contributed by atoms with Crippen LogP contribution in [0.4, 0.5) is 9.18 Å². The van der Waals surface area contributed by atoms with E-state index in [0.29, 0.717) is 4.90 Å². The second kappa shape index (κ2) is 7.28. The minimum absolute atomic E-state index is 0.0129. The molecule has 108 valence electrons. The molecule has 20 heavy (non-hydrogen) atoms. The number of nitrogens with one attached hydrogen (secondary N) is 2. The van der Waals surface area contributed by atoms with Gasteiger partial charge in [0.15, 0.2) is 0 Å². The zero-order valence-electron chi connectivity index (χ0n) is 11.0. The Morgan fingerprint density at radius 1 is 1.25 bits per heavy atom. The van der Waals surface area contributed by atoms with Crippen LogP contribution in [-0.4, -0.2) is 23.7 Å². The van der Waals surface area contributed by atoms with Crippen molar-refractivity contribution in [3.05, 3.63) is 30.1 Å². The van der Waals surface area contributed by atoms with Crippen molar-refractivity contribution < 1.29 is 14.0 Å². The zero-order valence-corrected chi connectivity index (χ0v) is 11.8. The third kappa shape index (κ3) is 4.52. The number of benzene rings is 1. The van der Waals surface area contributed by atoms with Gasteiger partial charge in [-0.3, -0.25) is 10.1 Å². The first-order valence-corrected chi connectivity index (χ1v) is 7.61. The van der Waals surface area contributed by atoms with Crippen LogP contribution in [-0.2, 0) is 4.79 Å². The van der Waals surface area contributed by atoms with Crippen LogP contribution in [0.15, 0.2) is 29.2 Å². The van der Waals surface area contributed by atoms with Gasteiger partial charge in [0.05, 0.1) is 5.75 Å². The maximum atomic E-state index is 13.3. The fourth-order valence-corrected chi connectivity index (χ4v) is 2.90. The van der Waals surface area contributed by atoms with E-state index in [1.807, 2.05) is 0 Å². The molecule has 3 amide bonds. The van der Waals surface area contributed by atoms with Crippen LogP contribution in [0.5, 0.6) is 0 Å². The summed E-state index contributed by atoms with van der Waals surface area (Å²) in [5, 5.41) is 5.03. The third-order valence-corrected chi connectivity index (χ3v) is 4.19. The highest BCUT2D eigenvalue weighted by Gasteiger charge is 2.18. The number of urea groups is 1. The summed E-state index contributed by atoms with van der Waals surface area (Å²) in [6, 6.07) is 5.95. The monoisotopic (exact) mass is 296 g/mol. The topological polar surface area (TPSA) is 58.2 Å². The zero-order chi connectivity index (χ0) is 14.4. The second-order valence-electron chi connectivity index (χ2n) is 4.72. The fourth-order valence-electron chi connectivity index (χ4n) is 2.16. The Morgan fingerprint density at radius 2 is 1.95 bits per heavy atom. The van der Waals surface area contributed by atoms with E-state index in [1.54, 1.807) is 18.2 Å². The molecule has 0 saturated heterocycles. The van der Waals surface area contributed by atoms with Crippen LogP contribution in [0.1, 0.15) is 25.7 Å². The Labute approximate surface area is 121 Å². The normalized spacial score (nSPS) is 15.1. The van der Waals surface area contributed by atoms with E-state index in [4.69, 9.17) is 0 Å². The molecule has 1 aromatic rings. The number of hydrogen-bond acceptors (Lipinski definition) is 3. The molecule has 1 saturated carbocycles. The Kier molecular flexibility index (Phi) is 5.40. The standard InChI is InChI=1S/C14H17FN2O2S/c15-11-7-3-4-8-12(11)20-9-13(18)17-14(19)16-10-5-1-2-6-10/h3-4,7-8,10H,1-2,5-6,9H2,(H2,16,17,18,19). The summed E-state index contributed by atoms with van der Waals surface area (Å²) < 4.78 is 13.3. The summed E-state index contributed by atoms with van der Waals surface area (Å²) in [5.41, 5.74) is 0. The van der Waals surface area contributed by atoms with E-state index < -0.39 is 11.9 Å². The van der Waals surface area contributed by atoms with Gasteiger partial charge in [0, 0.05) is 10.9 Å². The molecule has 1 aliphatic carbocycles. The lowest BCUT2D eigenvalue weighted by Gasteiger charge is -2.12. The smallest absolute Gasteiger partial charge is 0.321 e. The fraction of sp³-hybridized carbons (Fsp3) is 0.429. The Bertz CT molecular complexity index is 490. The van der Waals surface area contributed by atoms with Crippen LogP contribution < -0.4 is 10.6 Å². The Hall–Kier alpha value is -1.56. The molecule has 2 N–H and O–H groups in total. The van der Waals surface area contributed by atoms with Crippen LogP contribution >= 0.6 is 11.8 Å². The summed E-state index contributed by atoms with van der Waals surface area (Å²) in [6.07, 6.45) is 4.15. The second-order valence-corrected chi connectivity index (χ2v) is 5.74. The quantitative estimate of drug-likeness (QED) is 0.840. The molecule has 0 unspecified atom stereocenters. The van der Waals surface area contributed by atoms with Crippen LogP contribution in [0.2, 0.25) is 0 Å². The molecule has 0 atom stereocenters. The van der Waals surface area contributed by atoms with E-state index in [2.05, 4.69) is 10.6 Å². The van der Waals surface area contributed by atoms with Gasteiger partial charge in [-0.2, -0.15) is 0 Å². The van der Waals surface area contributed by atoms with Gasteiger partial charge in [-0.25, -0.2) is 9.18 Å². The summed E-state index contributed by atoms with van der Waals surface area (Å²) >= 11 is 1.07. The highest BCUT2D eigenvalue weighted by molar-refractivity contribution is 8.00. The lowest BCUT2D eigenvalue weighted by Crippen LogP contribution is -2.44. The van der Waals surface area contributed by atoms with Crippen LogP contribution in [0.25, 0.3) is 0 Å². The number of carbonyl (C=O) groups excluding carboxylic acids is 2. The molecule has 6 heteroatoms. The first-order chi connectivity index (χ1) is 9.65. The Balaban J connectivity index is 1.72. The number of hydrogen-bond donors (Lipinski definition) is 2. The molecular formula is C14H17FN2O2S. The minimum atomic E-state index is -0.462. The molecule has 0 radical (unpaired) electrons. The average Bonchev–Trinajstić information content (AvgIpc) is 2.90. The largest absolute Gasteiger partial charge is 0.335 e. The predicted molar refractivity (Wildman–Crippen MR) is 76.1 cm³/mol. The van der Waals surface area contributed by atoms with E-state index >= 15 is 0 Å². The molecule has 2 rings (SSSR count). The van der Waals surface area contributed by atoms with E-state index in [-0.39, 0.29) is 17.6 Å². The van der Waals surface area contributed by atoms with E-state index in [9.17, 15) is 14.0 Å². The van der Waals surface area contributed by atoms with Crippen LogP contribution in [0.3, 0.4) is 0 Å². The molecule has 1 fully saturated rings. The van der Waals surface area contributed by atoms with Crippen molar-refractivity contribution in [3.63, 3.8) is 0 Å². The van der Waals surface area contributed by atoms with Crippen molar-refractivity contribution in [1.29, 1.82) is 0 Å². The molecule has 0 bridgehead atoms. The molecule has 1 aromatic carbocycles. The predicted octanol–water partition coefficient (Wildman–Crippen LogP) is 2.69. The van der Waals surface area contributed by atoms with Gasteiger partial charge in [-0.1, -0.05) is 25.0 Å². The van der Waals surface area contributed by atoms with Gasteiger partial charge in [-0.15, -0.1) is 11.8 Å². The summed E-state index contributed by atoms with van der Waals surface area (Å²) in [4.78, 5) is 23.6. The number of imide groups is 1. The number of thioether (sulfide) groups is 1. The van der Waals surface area contributed by atoms with Gasteiger partial charge in [0.2, 0.25) is 5.91 Å². The maximum absolute atomic E-state index is 13.3. The van der Waals surface area contributed by atoms with Crippen molar-refractivity contribution >= 4 is 23.7 Å². The molecule has 4 nitrogen and oxygen atoms in total. The highest BCUT2D eigenvalue weighted by atomic mass is 32.2. The first-order valence-electron chi connectivity index (χ1n) is 6.63. The van der Waals surface area contributed by atoms with E-state index in [1.165, 1.54) is 6.07 Å². The average molecular weight is 296 g/mol. The van der Waals surface area contributed by atoms with Crippen molar-refractivity contribution in [2.45, 2.75) is 36.6 Å². The number of carbonyl (C=O) groups is 2. The van der Waals surface area contributed by atoms with Gasteiger partial charge in [0.25, 0.3) is 0 Å². The molecule has 0 spiro atoms. The van der Waals surface area contributed by atoms with Crippen molar-refractivity contribution in [3.8, 4) is 0 Å². The number of halogens is 1. The summed E-state index contributed by atoms with van der Waals surface area (Å²) in [6.45, 7) is 0. The number of amides is 3. The van der Waals surface area contributed by atoms with Gasteiger partial charge in [0.1, 0.15) is 5.82 Å². The SMILES string of the molecule is O=C(CSc1ccccc1F)NC(=O)NC1CCCC1. The minimum Gasteiger partial charge on any atom is -0.335 e. The highest BCUT2D eigenvalue weighted by Crippen LogP contribution is 2.20. The Morgan fingerprint density at radius 3 is 2.65 bits per heavy atom. The molecular weight excluding hydrogens is 279 g/mol. The number of rotatable bonds is 4. The molecule has 0 aliphatic heterocycles. The molecule has 1 aliphatic rings. The van der Waals surface area contributed by atoms with Crippen molar-refractivity contribution in [1.82, 2.24) is 10.6 Å². The summed E-state index contributed by atoms with van der Waals surface area (Å²) in [7, 11) is 0. The molecule has 0 aromatic heterocycles. The van der Waals surface area contributed by atoms with E-state index in [0.717, 1.165) is 37.4 Å². The van der Waals surface area contributed by atoms with Gasteiger partial charge in [-0.05, 0) is 25.0 Å².